The first kappa shape index (κ1) is 18.8. The highest BCUT2D eigenvalue weighted by molar-refractivity contribution is 6.31. The van der Waals surface area contributed by atoms with Crippen LogP contribution < -0.4 is 10.2 Å². The molecular weight excluding hydrogens is 405 g/mol. The molecule has 0 bridgehead atoms. The molecule has 1 aromatic heterocycles. The standard InChI is InChI=1S/C22H19ClFN5O/c1-2-19(30)29-9-8-22(29)11-28(12-22)14-6-7-17-15(10-14)21(26-13-25-17)27-18-5-3-4-16(23)20(18)24/h2-7,10,13H,1,8-9,11-12H2,(H,25,26,27). The zero-order valence-corrected chi connectivity index (χ0v) is 16.9. The zero-order chi connectivity index (χ0) is 20.9. The molecule has 152 valence electrons. The number of nitrogens with zero attached hydrogens (tertiary/aromatic N) is 4. The second kappa shape index (κ2) is 6.95. The zero-order valence-electron chi connectivity index (χ0n) is 16.1. The summed E-state index contributed by atoms with van der Waals surface area (Å²) >= 11 is 5.89. The van der Waals surface area contributed by atoms with Crippen molar-refractivity contribution in [2.45, 2.75) is 12.0 Å². The van der Waals surface area contributed by atoms with Gasteiger partial charge in [0.1, 0.15) is 12.1 Å². The van der Waals surface area contributed by atoms with Gasteiger partial charge in [0, 0.05) is 30.7 Å². The van der Waals surface area contributed by atoms with E-state index in [1.165, 1.54) is 18.5 Å². The number of hydrogen-bond acceptors (Lipinski definition) is 5. The number of hydrogen-bond donors (Lipinski definition) is 1. The largest absolute Gasteiger partial charge is 0.367 e. The molecule has 6 nitrogen and oxygen atoms in total. The number of halogens is 2. The Bertz CT molecular complexity index is 1180. The highest BCUT2D eigenvalue weighted by Gasteiger charge is 2.54. The molecule has 2 aromatic carbocycles. The summed E-state index contributed by atoms with van der Waals surface area (Å²) in [5, 5.41) is 3.86. The van der Waals surface area contributed by atoms with Gasteiger partial charge in [0.15, 0.2) is 5.82 Å². The predicted molar refractivity (Wildman–Crippen MR) is 116 cm³/mol. The van der Waals surface area contributed by atoms with Crippen molar-refractivity contribution in [2.75, 3.05) is 29.9 Å². The second-order valence-corrected chi connectivity index (χ2v) is 8.08. The van der Waals surface area contributed by atoms with Crippen molar-refractivity contribution in [2.24, 2.45) is 0 Å². The Labute approximate surface area is 178 Å². The molecule has 1 N–H and O–H groups in total. The summed E-state index contributed by atoms with van der Waals surface area (Å²) in [5.41, 5.74) is 1.93. The van der Waals surface area contributed by atoms with Crippen LogP contribution in [-0.4, -0.2) is 45.9 Å². The number of aromatic nitrogens is 2. The molecule has 3 heterocycles. The molecule has 5 rings (SSSR count). The lowest BCUT2D eigenvalue weighted by Crippen LogP contribution is -2.77. The highest BCUT2D eigenvalue weighted by atomic mass is 35.5. The van der Waals surface area contributed by atoms with Crippen LogP contribution in [0.1, 0.15) is 6.42 Å². The van der Waals surface area contributed by atoms with E-state index < -0.39 is 5.82 Å². The summed E-state index contributed by atoms with van der Waals surface area (Å²) in [6.45, 7) is 5.93. The van der Waals surface area contributed by atoms with Crippen LogP contribution in [0.25, 0.3) is 10.9 Å². The fourth-order valence-corrected chi connectivity index (χ4v) is 4.41. The van der Waals surface area contributed by atoms with E-state index in [1.807, 2.05) is 23.1 Å². The third-order valence-electron chi connectivity index (χ3n) is 5.97. The maximum Gasteiger partial charge on any atom is 0.246 e. The fourth-order valence-electron chi connectivity index (χ4n) is 4.24. The van der Waals surface area contributed by atoms with Crippen molar-refractivity contribution >= 4 is 45.6 Å². The van der Waals surface area contributed by atoms with E-state index in [4.69, 9.17) is 11.6 Å². The molecule has 8 heteroatoms. The Morgan fingerprint density at radius 1 is 1.27 bits per heavy atom. The summed E-state index contributed by atoms with van der Waals surface area (Å²) in [7, 11) is 0. The maximum absolute atomic E-state index is 14.3. The molecule has 0 radical (unpaired) electrons. The lowest BCUT2D eigenvalue weighted by molar-refractivity contribution is -0.144. The topological polar surface area (TPSA) is 61.4 Å². The van der Waals surface area contributed by atoms with Crippen LogP contribution in [0.2, 0.25) is 5.02 Å². The first-order valence-electron chi connectivity index (χ1n) is 9.65. The van der Waals surface area contributed by atoms with Crippen LogP contribution in [0.5, 0.6) is 0 Å². The molecule has 3 aromatic rings. The van der Waals surface area contributed by atoms with Crippen LogP contribution in [-0.2, 0) is 4.79 Å². The van der Waals surface area contributed by atoms with Gasteiger partial charge in [-0.3, -0.25) is 4.79 Å². The van der Waals surface area contributed by atoms with Crippen LogP contribution in [0, 0.1) is 5.82 Å². The van der Waals surface area contributed by atoms with E-state index in [9.17, 15) is 9.18 Å². The minimum atomic E-state index is -0.524. The maximum atomic E-state index is 14.3. The number of carbonyl (C=O) groups is 1. The van der Waals surface area contributed by atoms with Gasteiger partial charge in [-0.2, -0.15) is 0 Å². The van der Waals surface area contributed by atoms with Gasteiger partial charge in [0.25, 0.3) is 0 Å². The van der Waals surface area contributed by atoms with Gasteiger partial charge in [-0.05, 0) is 42.8 Å². The quantitative estimate of drug-likeness (QED) is 0.639. The summed E-state index contributed by atoms with van der Waals surface area (Å²) in [6.07, 6.45) is 3.82. The van der Waals surface area contributed by atoms with Crippen molar-refractivity contribution in [3.63, 3.8) is 0 Å². The average molecular weight is 424 g/mol. The molecule has 0 atom stereocenters. The third kappa shape index (κ3) is 2.89. The third-order valence-corrected chi connectivity index (χ3v) is 6.26. The van der Waals surface area contributed by atoms with Gasteiger partial charge in [0.05, 0.1) is 21.8 Å². The second-order valence-electron chi connectivity index (χ2n) is 7.67. The van der Waals surface area contributed by atoms with Gasteiger partial charge in [-0.1, -0.05) is 24.2 Å². The minimum absolute atomic E-state index is 0.0113. The van der Waals surface area contributed by atoms with Gasteiger partial charge in [-0.15, -0.1) is 0 Å². The molecule has 2 aliphatic heterocycles. The molecular formula is C22H19ClFN5O. The summed E-state index contributed by atoms with van der Waals surface area (Å²) in [6, 6.07) is 10.7. The summed E-state index contributed by atoms with van der Waals surface area (Å²) in [5.74, 6) is -0.0306. The van der Waals surface area contributed by atoms with Gasteiger partial charge >= 0.3 is 0 Å². The molecule has 2 fully saturated rings. The Hall–Kier alpha value is -3.19. The predicted octanol–water partition coefficient (Wildman–Crippen LogP) is 4.14. The molecule has 0 aliphatic carbocycles. The van der Waals surface area contributed by atoms with Crippen molar-refractivity contribution in [3.05, 3.63) is 66.2 Å². The number of rotatable bonds is 4. The smallest absolute Gasteiger partial charge is 0.246 e. The van der Waals surface area contributed by atoms with E-state index in [1.54, 1.807) is 12.1 Å². The van der Waals surface area contributed by atoms with Gasteiger partial charge in [0.2, 0.25) is 5.91 Å². The SMILES string of the molecule is C=CC(=O)N1CCC12CN(c1ccc3ncnc(Nc4cccc(Cl)c4F)c3c1)C2. The number of fused-ring (bicyclic) bond motifs is 1. The van der Waals surface area contributed by atoms with Crippen molar-refractivity contribution in [1.29, 1.82) is 0 Å². The first-order chi connectivity index (χ1) is 14.5. The van der Waals surface area contributed by atoms with E-state index in [-0.39, 0.29) is 22.2 Å². The first-order valence-corrected chi connectivity index (χ1v) is 10.0. The van der Waals surface area contributed by atoms with Crippen LogP contribution in [0.15, 0.2) is 55.4 Å². The van der Waals surface area contributed by atoms with Crippen molar-refractivity contribution in [3.8, 4) is 0 Å². The lowest BCUT2D eigenvalue weighted by atomic mass is 9.77. The monoisotopic (exact) mass is 423 g/mol. The lowest BCUT2D eigenvalue weighted by Gasteiger charge is -2.63. The number of anilines is 3. The molecule has 30 heavy (non-hydrogen) atoms. The number of amides is 1. The molecule has 1 amide bonds. The number of nitrogens with one attached hydrogen (secondary N) is 1. The minimum Gasteiger partial charge on any atom is -0.367 e. The summed E-state index contributed by atoms with van der Waals surface area (Å²) in [4.78, 5) is 24.8. The molecule has 1 spiro atoms. The normalized spacial score (nSPS) is 16.9. The van der Waals surface area contributed by atoms with E-state index in [2.05, 4.69) is 26.8 Å². The summed E-state index contributed by atoms with van der Waals surface area (Å²) < 4.78 is 14.3. The van der Waals surface area contributed by atoms with E-state index >= 15 is 0 Å². The Morgan fingerprint density at radius 3 is 2.83 bits per heavy atom. The van der Waals surface area contributed by atoms with Gasteiger partial charge in [-0.25, -0.2) is 14.4 Å². The van der Waals surface area contributed by atoms with Crippen molar-refractivity contribution in [1.82, 2.24) is 14.9 Å². The van der Waals surface area contributed by atoms with E-state index in [0.29, 0.717) is 5.82 Å². The molecule has 0 saturated carbocycles. The molecule has 0 unspecified atom stereocenters. The van der Waals surface area contributed by atoms with Crippen molar-refractivity contribution < 1.29 is 9.18 Å². The molecule has 2 aliphatic rings. The van der Waals surface area contributed by atoms with Gasteiger partial charge < -0.3 is 15.1 Å². The molecule has 2 saturated heterocycles. The number of carbonyl (C=O) groups excluding carboxylic acids is 1. The Kier molecular flexibility index (Phi) is 4.36. The van der Waals surface area contributed by atoms with Crippen LogP contribution >= 0.6 is 11.6 Å². The fraction of sp³-hybridized carbons (Fsp3) is 0.227. The number of likely N-dealkylation sites (tertiary alicyclic amines) is 1. The number of benzene rings is 2. The highest BCUT2D eigenvalue weighted by Crippen LogP contribution is 2.42. The Morgan fingerprint density at radius 2 is 2.10 bits per heavy atom. The van der Waals surface area contributed by atoms with Crippen LogP contribution in [0.4, 0.5) is 21.6 Å². The Balaban J connectivity index is 1.42. The van der Waals surface area contributed by atoms with E-state index in [0.717, 1.165) is 42.6 Å². The average Bonchev–Trinajstić information content (AvgIpc) is 2.70. The van der Waals surface area contributed by atoms with Crippen LogP contribution in [0.3, 0.4) is 0 Å².